The monoisotopic (exact) mass is 196 g/mol. The van der Waals surface area contributed by atoms with E-state index < -0.39 is 0 Å². The zero-order valence-corrected chi connectivity index (χ0v) is 8.86. The molecule has 0 aliphatic heterocycles. The number of methoxy groups -OCH3 is 1. The van der Waals surface area contributed by atoms with Crippen molar-refractivity contribution in [1.29, 1.82) is 0 Å². The summed E-state index contributed by atoms with van der Waals surface area (Å²) in [6.07, 6.45) is 3.07. The quantitative estimate of drug-likeness (QED) is 0.669. The van der Waals surface area contributed by atoms with Crippen LogP contribution in [0.2, 0.25) is 0 Å². The van der Waals surface area contributed by atoms with Crippen molar-refractivity contribution in [1.82, 2.24) is 9.78 Å². The summed E-state index contributed by atoms with van der Waals surface area (Å²) >= 11 is 0. The van der Waals surface area contributed by atoms with Gasteiger partial charge in [-0.05, 0) is 12.5 Å². The minimum absolute atomic E-state index is 0.0325. The van der Waals surface area contributed by atoms with Crippen LogP contribution in [0.25, 0.3) is 0 Å². The Balaban J connectivity index is 2.72. The smallest absolute Gasteiger partial charge is 0.211 e. The molecule has 0 amide bonds. The summed E-state index contributed by atoms with van der Waals surface area (Å²) in [6, 6.07) is 1.71. The first kappa shape index (κ1) is 10.9. The van der Waals surface area contributed by atoms with Gasteiger partial charge in [-0.15, -0.1) is 0 Å². The van der Waals surface area contributed by atoms with E-state index in [9.17, 15) is 4.79 Å². The Kier molecular flexibility index (Phi) is 3.83. The van der Waals surface area contributed by atoms with Gasteiger partial charge in [0.1, 0.15) is 11.8 Å². The first-order valence-electron chi connectivity index (χ1n) is 4.75. The highest BCUT2D eigenvalue weighted by molar-refractivity contribution is 5.97. The third-order valence-corrected chi connectivity index (χ3v) is 2.09. The standard InChI is InChI=1S/C10H16N2O2/c1-4-5-9(14-3)10(13)8-6-7-12(2)11-8/h6-7,9H,4-5H2,1-3H3. The van der Waals surface area contributed by atoms with Crippen LogP contribution >= 0.6 is 0 Å². The molecule has 1 unspecified atom stereocenters. The number of rotatable bonds is 5. The van der Waals surface area contributed by atoms with Gasteiger partial charge in [-0.25, -0.2) is 0 Å². The highest BCUT2D eigenvalue weighted by Gasteiger charge is 2.20. The van der Waals surface area contributed by atoms with Crippen LogP contribution in [0.5, 0.6) is 0 Å². The first-order valence-corrected chi connectivity index (χ1v) is 4.75. The van der Waals surface area contributed by atoms with E-state index in [4.69, 9.17) is 4.74 Å². The molecule has 0 aliphatic rings. The van der Waals surface area contributed by atoms with E-state index >= 15 is 0 Å². The molecule has 0 saturated carbocycles. The van der Waals surface area contributed by atoms with Gasteiger partial charge in [-0.1, -0.05) is 13.3 Å². The van der Waals surface area contributed by atoms with Crippen LogP contribution in [0, 0.1) is 0 Å². The van der Waals surface area contributed by atoms with Gasteiger partial charge in [-0.2, -0.15) is 5.10 Å². The molecule has 0 fully saturated rings. The van der Waals surface area contributed by atoms with Crippen molar-refractivity contribution in [3.63, 3.8) is 0 Å². The molecule has 1 heterocycles. The van der Waals surface area contributed by atoms with Crippen molar-refractivity contribution in [2.75, 3.05) is 7.11 Å². The Labute approximate surface area is 83.9 Å². The highest BCUT2D eigenvalue weighted by Crippen LogP contribution is 2.08. The van der Waals surface area contributed by atoms with Gasteiger partial charge in [-0.3, -0.25) is 9.48 Å². The zero-order valence-electron chi connectivity index (χ0n) is 8.86. The van der Waals surface area contributed by atoms with Gasteiger partial charge in [0.2, 0.25) is 5.78 Å². The average Bonchev–Trinajstić information content (AvgIpc) is 2.60. The molecule has 0 radical (unpaired) electrons. The summed E-state index contributed by atoms with van der Waals surface area (Å²) < 4.78 is 6.73. The van der Waals surface area contributed by atoms with Crippen LogP contribution in [0.3, 0.4) is 0 Å². The van der Waals surface area contributed by atoms with Crippen molar-refractivity contribution in [2.24, 2.45) is 7.05 Å². The maximum absolute atomic E-state index is 11.8. The van der Waals surface area contributed by atoms with Gasteiger partial charge in [0.05, 0.1) is 0 Å². The Bertz CT molecular complexity index is 307. The molecule has 1 rings (SSSR count). The van der Waals surface area contributed by atoms with E-state index in [1.807, 2.05) is 6.92 Å². The Hall–Kier alpha value is -1.16. The molecule has 0 N–H and O–H groups in total. The number of nitrogens with zero attached hydrogens (tertiary/aromatic N) is 2. The molecule has 1 aromatic rings. The molecule has 4 nitrogen and oxygen atoms in total. The number of carbonyl (C=O) groups is 1. The van der Waals surface area contributed by atoms with Gasteiger partial charge in [0.25, 0.3) is 0 Å². The summed E-state index contributed by atoms with van der Waals surface area (Å²) in [7, 11) is 3.35. The second kappa shape index (κ2) is 4.91. The van der Waals surface area contributed by atoms with Crippen LogP contribution in [0.1, 0.15) is 30.3 Å². The Morgan fingerprint density at radius 2 is 2.43 bits per heavy atom. The van der Waals surface area contributed by atoms with E-state index in [-0.39, 0.29) is 11.9 Å². The van der Waals surface area contributed by atoms with Crippen molar-refractivity contribution in [3.8, 4) is 0 Å². The lowest BCUT2D eigenvalue weighted by Crippen LogP contribution is -2.23. The van der Waals surface area contributed by atoms with E-state index in [2.05, 4.69) is 5.10 Å². The minimum Gasteiger partial charge on any atom is -0.373 e. The number of aromatic nitrogens is 2. The third-order valence-electron chi connectivity index (χ3n) is 2.09. The lowest BCUT2D eigenvalue weighted by Gasteiger charge is -2.10. The fourth-order valence-corrected chi connectivity index (χ4v) is 1.33. The summed E-state index contributed by atoms with van der Waals surface area (Å²) in [5.41, 5.74) is 0.479. The number of ketones is 1. The van der Waals surface area contributed by atoms with E-state index in [1.54, 1.807) is 31.1 Å². The number of ether oxygens (including phenoxy) is 1. The van der Waals surface area contributed by atoms with Crippen LogP contribution in [0.15, 0.2) is 12.3 Å². The molecule has 78 valence electrons. The van der Waals surface area contributed by atoms with Gasteiger partial charge < -0.3 is 4.74 Å². The number of Topliss-reactive ketones (excluding diaryl/α,β-unsaturated/α-hetero) is 1. The molecule has 0 aromatic carbocycles. The maximum Gasteiger partial charge on any atom is 0.211 e. The number of aryl methyl sites for hydroxylation is 1. The zero-order chi connectivity index (χ0) is 10.6. The third kappa shape index (κ3) is 2.42. The fourth-order valence-electron chi connectivity index (χ4n) is 1.33. The lowest BCUT2D eigenvalue weighted by atomic mass is 10.1. The summed E-state index contributed by atoms with van der Waals surface area (Å²) in [6.45, 7) is 2.03. The molecular weight excluding hydrogens is 180 g/mol. The van der Waals surface area contributed by atoms with Crippen LogP contribution < -0.4 is 0 Å². The second-order valence-corrected chi connectivity index (χ2v) is 3.25. The molecule has 0 aliphatic carbocycles. The Morgan fingerprint density at radius 3 is 2.86 bits per heavy atom. The summed E-state index contributed by atoms with van der Waals surface area (Å²) in [5.74, 6) is -0.0325. The molecule has 0 bridgehead atoms. The average molecular weight is 196 g/mol. The lowest BCUT2D eigenvalue weighted by molar-refractivity contribution is 0.0573. The van der Waals surface area contributed by atoms with E-state index in [0.717, 1.165) is 12.8 Å². The molecule has 4 heteroatoms. The first-order chi connectivity index (χ1) is 6.69. The van der Waals surface area contributed by atoms with Gasteiger partial charge >= 0.3 is 0 Å². The van der Waals surface area contributed by atoms with E-state index in [0.29, 0.717) is 5.69 Å². The summed E-state index contributed by atoms with van der Waals surface area (Å²) in [5, 5.41) is 4.05. The SMILES string of the molecule is CCCC(OC)C(=O)c1ccn(C)n1. The predicted octanol–water partition coefficient (Wildman–Crippen LogP) is 1.42. The molecule has 0 spiro atoms. The van der Waals surface area contributed by atoms with Gasteiger partial charge in [0, 0.05) is 20.4 Å². The van der Waals surface area contributed by atoms with Crippen LogP contribution in [0.4, 0.5) is 0 Å². The fraction of sp³-hybridized carbons (Fsp3) is 0.600. The molecule has 1 atom stereocenters. The van der Waals surface area contributed by atoms with Crippen molar-refractivity contribution < 1.29 is 9.53 Å². The van der Waals surface area contributed by atoms with Crippen LogP contribution in [-0.4, -0.2) is 28.8 Å². The van der Waals surface area contributed by atoms with Crippen molar-refractivity contribution >= 4 is 5.78 Å². The summed E-state index contributed by atoms with van der Waals surface area (Å²) in [4.78, 5) is 11.8. The topological polar surface area (TPSA) is 44.1 Å². The molecular formula is C10H16N2O2. The molecule has 0 saturated heterocycles. The normalized spacial score (nSPS) is 12.8. The number of hydrogen-bond donors (Lipinski definition) is 0. The number of hydrogen-bond acceptors (Lipinski definition) is 3. The minimum atomic E-state index is -0.352. The molecule has 14 heavy (non-hydrogen) atoms. The highest BCUT2D eigenvalue weighted by atomic mass is 16.5. The Morgan fingerprint density at radius 1 is 1.71 bits per heavy atom. The van der Waals surface area contributed by atoms with E-state index in [1.165, 1.54) is 0 Å². The maximum atomic E-state index is 11.8. The predicted molar refractivity (Wildman–Crippen MR) is 53.2 cm³/mol. The largest absolute Gasteiger partial charge is 0.373 e. The number of carbonyl (C=O) groups excluding carboxylic acids is 1. The second-order valence-electron chi connectivity index (χ2n) is 3.25. The van der Waals surface area contributed by atoms with Crippen molar-refractivity contribution in [2.45, 2.75) is 25.9 Å². The van der Waals surface area contributed by atoms with Crippen molar-refractivity contribution in [3.05, 3.63) is 18.0 Å². The van der Waals surface area contributed by atoms with Crippen LogP contribution in [-0.2, 0) is 11.8 Å². The molecule has 1 aromatic heterocycles. The van der Waals surface area contributed by atoms with Gasteiger partial charge in [0.15, 0.2) is 0 Å².